The first-order valence-corrected chi connectivity index (χ1v) is 10.9. The number of hydrogen-bond acceptors (Lipinski definition) is 5. The number of carbonyl (C=O) groups excluding carboxylic acids is 2. The summed E-state index contributed by atoms with van der Waals surface area (Å²) in [7, 11) is 0. The molecule has 0 unspecified atom stereocenters. The Hall–Kier alpha value is -3.19. The highest BCUT2D eigenvalue weighted by Gasteiger charge is 2.17. The van der Waals surface area contributed by atoms with E-state index in [1.165, 1.54) is 24.2 Å². The zero-order chi connectivity index (χ0) is 20.8. The Morgan fingerprint density at radius 2 is 1.93 bits per heavy atom. The third kappa shape index (κ3) is 5.24. The minimum Gasteiger partial charge on any atom is -0.474 e. The van der Waals surface area contributed by atoms with Crippen molar-refractivity contribution in [2.75, 3.05) is 5.32 Å². The van der Waals surface area contributed by atoms with E-state index in [0.29, 0.717) is 28.6 Å². The van der Waals surface area contributed by atoms with Crippen LogP contribution in [0, 0.1) is 0 Å². The molecule has 0 spiro atoms. The van der Waals surface area contributed by atoms with Gasteiger partial charge in [-0.05, 0) is 67.0 Å². The molecule has 0 bridgehead atoms. The summed E-state index contributed by atoms with van der Waals surface area (Å²) in [5, 5.41) is 7.58. The van der Waals surface area contributed by atoms with E-state index in [1.807, 2.05) is 23.6 Å². The van der Waals surface area contributed by atoms with E-state index in [1.54, 1.807) is 36.5 Å². The number of nitrogens with one attached hydrogen (secondary N) is 2. The molecule has 1 aromatic carbocycles. The SMILES string of the molecule is O=C(NCc1ccnc(OC2CCCC2)c1)c1cccc(NC(=O)c2cccs2)c1. The molecule has 6 nitrogen and oxygen atoms in total. The molecule has 1 aliphatic rings. The lowest BCUT2D eigenvalue weighted by Gasteiger charge is -2.13. The predicted octanol–water partition coefficient (Wildman–Crippen LogP) is 4.65. The molecule has 1 fully saturated rings. The lowest BCUT2D eigenvalue weighted by Crippen LogP contribution is -2.23. The molecule has 0 saturated heterocycles. The number of rotatable bonds is 7. The first-order valence-electron chi connectivity index (χ1n) is 10.0. The van der Waals surface area contributed by atoms with Crippen molar-refractivity contribution in [1.29, 1.82) is 0 Å². The zero-order valence-corrected chi connectivity index (χ0v) is 17.3. The van der Waals surface area contributed by atoms with Crippen LogP contribution in [0.15, 0.2) is 60.1 Å². The molecule has 30 heavy (non-hydrogen) atoms. The van der Waals surface area contributed by atoms with Crippen molar-refractivity contribution < 1.29 is 14.3 Å². The molecule has 1 saturated carbocycles. The third-order valence-corrected chi connectivity index (χ3v) is 5.84. The number of anilines is 1. The molecule has 0 atom stereocenters. The fourth-order valence-electron chi connectivity index (χ4n) is 3.42. The van der Waals surface area contributed by atoms with Gasteiger partial charge in [-0.1, -0.05) is 12.1 Å². The first-order chi connectivity index (χ1) is 14.7. The maximum atomic E-state index is 12.6. The number of amides is 2. The summed E-state index contributed by atoms with van der Waals surface area (Å²) in [5.74, 6) is 0.207. The topological polar surface area (TPSA) is 80.3 Å². The van der Waals surface area contributed by atoms with Crippen molar-refractivity contribution >= 4 is 28.8 Å². The fourth-order valence-corrected chi connectivity index (χ4v) is 4.04. The Bertz CT molecular complexity index is 1010. The van der Waals surface area contributed by atoms with Crippen LogP contribution in [0.3, 0.4) is 0 Å². The van der Waals surface area contributed by atoms with Crippen LogP contribution in [0.25, 0.3) is 0 Å². The van der Waals surface area contributed by atoms with Gasteiger partial charge in [0, 0.05) is 30.1 Å². The summed E-state index contributed by atoms with van der Waals surface area (Å²) in [6, 6.07) is 14.2. The zero-order valence-electron chi connectivity index (χ0n) is 16.5. The van der Waals surface area contributed by atoms with E-state index < -0.39 is 0 Å². The monoisotopic (exact) mass is 421 g/mol. The molecule has 0 aliphatic heterocycles. The molecule has 2 amide bonds. The second-order valence-corrected chi connectivity index (χ2v) is 8.17. The predicted molar refractivity (Wildman–Crippen MR) is 117 cm³/mol. The first kappa shape index (κ1) is 20.1. The molecule has 4 rings (SSSR count). The van der Waals surface area contributed by atoms with Crippen LogP contribution in [0.4, 0.5) is 5.69 Å². The number of benzene rings is 1. The molecule has 7 heteroatoms. The second kappa shape index (κ2) is 9.54. The molecular formula is C23H23N3O3S. The minimum absolute atomic E-state index is 0.186. The maximum Gasteiger partial charge on any atom is 0.265 e. The van der Waals surface area contributed by atoms with Crippen LogP contribution in [-0.2, 0) is 6.54 Å². The van der Waals surface area contributed by atoms with Crippen molar-refractivity contribution in [3.63, 3.8) is 0 Å². The van der Waals surface area contributed by atoms with Gasteiger partial charge in [0.15, 0.2) is 0 Å². The second-order valence-electron chi connectivity index (χ2n) is 7.22. The summed E-state index contributed by atoms with van der Waals surface area (Å²) < 4.78 is 5.93. The number of thiophene rings is 1. The van der Waals surface area contributed by atoms with Crippen molar-refractivity contribution in [2.24, 2.45) is 0 Å². The molecule has 2 aromatic heterocycles. The Kier molecular flexibility index (Phi) is 6.39. The fraction of sp³-hybridized carbons (Fsp3) is 0.261. The van der Waals surface area contributed by atoms with E-state index in [4.69, 9.17) is 4.74 Å². The number of hydrogen-bond donors (Lipinski definition) is 2. The van der Waals surface area contributed by atoms with Gasteiger partial charge in [0.1, 0.15) is 6.10 Å². The Balaban J connectivity index is 1.34. The van der Waals surface area contributed by atoms with Crippen molar-refractivity contribution in [3.05, 3.63) is 76.1 Å². The average molecular weight is 422 g/mol. The van der Waals surface area contributed by atoms with Crippen LogP contribution in [-0.4, -0.2) is 22.9 Å². The Morgan fingerprint density at radius 1 is 1.07 bits per heavy atom. The quantitative estimate of drug-likeness (QED) is 0.582. The molecule has 3 aromatic rings. The van der Waals surface area contributed by atoms with Gasteiger partial charge in [0.2, 0.25) is 5.88 Å². The van der Waals surface area contributed by atoms with Crippen LogP contribution in [0.2, 0.25) is 0 Å². The van der Waals surface area contributed by atoms with Gasteiger partial charge in [-0.25, -0.2) is 4.98 Å². The molecule has 2 heterocycles. The number of pyridine rings is 1. The highest BCUT2D eigenvalue weighted by atomic mass is 32.1. The molecular weight excluding hydrogens is 398 g/mol. The lowest BCUT2D eigenvalue weighted by atomic mass is 10.1. The van der Waals surface area contributed by atoms with Gasteiger partial charge in [-0.15, -0.1) is 11.3 Å². The van der Waals surface area contributed by atoms with Gasteiger partial charge < -0.3 is 15.4 Å². The van der Waals surface area contributed by atoms with E-state index in [0.717, 1.165) is 18.4 Å². The summed E-state index contributed by atoms with van der Waals surface area (Å²) >= 11 is 1.37. The summed E-state index contributed by atoms with van der Waals surface area (Å²) in [4.78, 5) is 29.7. The highest BCUT2D eigenvalue weighted by Crippen LogP contribution is 2.23. The number of nitrogens with zero attached hydrogens (tertiary/aromatic N) is 1. The van der Waals surface area contributed by atoms with Crippen LogP contribution in [0.1, 0.15) is 51.3 Å². The maximum absolute atomic E-state index is 12.6. The Labute approximate surface area is 179 Å². The highest BCUT2D eigenvalue weighted by molar-refractivity contribution is 7.12. The normalized spacial score (nSPS) is 13.7. The van der Waals surface area contributed by atoms with E-state index in [2.05, 4.69) is 15.6 Å². The largest absolute Gasteiger partial charge is 0.474 e. The van der Waals surface area contributed by atoms with Gasteiger partial charge in [-0.2, -0.15) is 0 Å². The summed E-state index contributed by atoms with van der Waals surface area (Å²) in [5.41, 5.74) is 1.99. The van der Waals surface area contributed by atoms with Crippen molar-refractivity contribution in [3.8, 4) is 5.88 Å². The van der Waals surface area contributed by atoms with E-state index >= 15 is 0 Å². The van der Waals surface area contributed by atoms with Crippen molar-refractivity contribution in [2.45, 2.75) is 38.3 Å². The van der Waals surface area contributed by atoms with Crippen LogP contribution < -0.4 is 15.4 Å². The molecule has 2 N–H and O–H groups in total. The Morgan fingerprint density at radius 3 is 2.73 bits per heavy atom. The molecule has 0 radical (unpaired) electrons. The van der Waals surface area contributed by atoms with Gasteiger partial charge in [0.05, 0.1) is 4.88 Å². The van der Waals surface area contributed by atoms with Gasteiger partial charge in [0.25, 0.3) is 11.8 Å². The summed E-state index contributed by atoms with van der Waals surface area (Å²) in [6.45, 7) is 0.369. The van der Waals surface area contributed by atoms with Crippen molar-refractivity contribution in [1.82, 2.24) is 10.3 Å². The minimum atomic E-state index is -0.211. The van der Waals surface area contributed by atoms with E-state index in [9.17, 15) is 9.59 Å². The standard InChI is InChI=1S/C23H23N3O3S/c27-22(17-5-3-6-18(14-17)26-23(28)20-9-4-12-30-20)25-15-16-10-11-24-21(13-16)29-19-7-1-2-8-19/h3-6,9-14,19H,1-2,7-8,15H2,(H,25,27)(H,26,28). The molecule has 154 valence electrons. The number of ether oxygens (including phenoxy) is 1. The molecule has 1 aliphatic carbocycles. The number of carbonyl (C=O) groups is 2. The number of aromatic nitrogens is 1. The van der Waals surface area contributed by atoms with Gasteiger partial charge in [-0.3, -0.25) is 9.59 Å². The van der Waals surface area contributed by atoms with Gasteiger partial charge >= 0.3 is 0 Å². The third-order valence-electron chi connectivity index (χ3n) is 4.97. The van der Waals surface area contributed by atoms with E-state index in [-0.39, 0.29) is 17.9 Å². The van der Waals surface area contributed by atoms with Crippen LogP contribution >= 0.6 is 11.3 Å². The lowest BCUT2D eigenvalue weighted by molar-refractivity contribution is 0.0949. The average Bonchev–Trinajstić information content (AvgIpc) is 3.47. The summed E-state index contributed by atoms with van der Waals surface area (Å²) in [6.07, 6.45) is 6.49. The van der Waals surface area contributed by atoms with Crippen LogP contribution in [0.5, 0.6) is 5.88 Å². The smallest absolute Gasteiger partial charge is 0.265 e.